The van der Waals surface area contributed by atoms with Gasteiger partial charge >= 0.3 is 19.5 Å². The zero-order valence-electron chi connectivity index (χ0n) is 10.7. The molecule has 0 bridgehead atoms. The molecular weight excluding hydrogens is 457 g/mol. The Bertz CT molecular complexity index is 576. The van der Waals surface area contributed by atoms with Gasteiger partial charge in [-0.3, -0.25) is 0 Å². The first-order valence-corrected chi connectivity index (χ1v) is 6.94. The van der Waals surface area contributed by atoms with E-state index in [2.05, 4.69) is 31.9 Å². The molecule has 104 valence electrons. The third kappa shape index (κ3) is 6.50. The summed E-state index contributed by atoms with van der Waals surface area (Å²) in [5.74, 6) is -2.32. The summed E-state index contributed by atoms with van der Waals surface area (Å²) < 4.78 is 1.10. The molecule has 7 heteroatoms. The van der Waals surface area contributed by atoms with E-state index in [-0.39, 0.29) is 30.6 Å². The first-order valence-electron chi connectivity index (χ1n) is 5.35. The minimum atomic E-state index is -1.16. The van der Waals surface area contributed by atoms with Gasteiger partial charge in [-0.25, -0.2) is 0 Å². The molecule has 0 spiro atoms. The second-order valence-electron chi connectivity index (χ2n) is 3.53. The van der Waals surface area contributed by atoms with Crippen LogP contribution in [0.3, 0.4) is 0 Å². The van der Waals surface area contributed by atoms with Gasteiger partial charge in [-0.2, -0.15) is 0 Å². The summed E-state index contributed by atoms with van der Waals surface area (Å²) in [7, 11) is 0. The molecule has 0 saturated heterocycles. The van der Waals surface area contributed by atoms with Crippen LogP contribution in [-0.2, 0) is 19.5 Å². The van der Waals surface area contributed by atoms with Crippen LogP contribution >= 0.6 is 31.9 Å². The van der Waals surface area contributed by atoms with Gasteiger partial charge in [0.1, 0.15) is 0 Å². The Morgan fingerprint density at radius 3 is 1.19 bits per heavy atom. The quantitative estimate of drug-likeness (QED) is 0.632. The Kier molecular flexibility index (Phi) is 9.33. The van der Waals surface area contributed by atoms with Gasteiger partial charge in [-0.05, 0) is 12.1 Å². The second kappa shape index (κ2) is 9.82. The van der Waals surface area contributed by atoms with Crippen molar-refractivity contribution in [2.24, 2.45) is 0 Å². The molecule has 0 atom stereocenters. The van der Waals surface area contributed by atoms with Gasteiger partial charge in [0.2, 0.25) is 0 Å². The van der Waals surface area contributed by atoms with Crippen molar-refractivity contribution in [2.45, 2.75) is 0 Å². The van der Waals surface area contributed by atoms with Crippen molar-refractivity contribution < 1.29 is 39.3 Å². The molecule has 0 aliphatic rings. The van der Waals surface area contributed by atoms with Crippen molar-refractivity contribution >= 4 is 43.8 Å². The maximum absolute atomic E-state index is 10.3. The Morgan fingerprint density at radius 2 is 1.00 bits per heavy atom. The van der Waals surface area contributed by atoms with Crippen LogP contribution in [-0.4, -0.2) is 11.9 Å². The van der Waals surface area contributed by atoms with Gasteiger partial charge in [0, 0.05) is 20.1 Å². The van der Waals surface area contributed by atoms with Crippen LogP contribution in [0.5, 0.6) is 0 Å². The van der Waals surface area contributed by atoms with Gasteiger partial charge in [0.05, 0.1) is 11.9 Å². The van der Waals surface area contributed by atoms with Gasteiger partial charge < -0.3 is 19.8 Å². The predicted octanol–water partition coefficient (Wildman–Crippen LogP) is 1.62. The third-order valence-corrected chi connectivity index (χ3v) is 3.57. The number of aromatic carboxylic acids is 2. The first-order chi connectivity index (χ1) is 9.43. The largest absolute Gasteiger partial charge is 2.00 e. The zero-order chi connectivity index (χ0) is 15.1. The Balaban J connectivity index is 0.000000364. The summed E-state index contributed by atoms with van der Waals surface area (Å²) in [5.41, 5.74) is 0.366. The Hall–Kier alpha value is -1.04. The van der Waals surface area contributed by atoms with Crippen molar-refractivity contribution in [3.05, 3.63) is 68.6 Å². The topological polar surface area (TPSA) is 80.3 Å². The summed E-state index contributed by atoms with van der Waals surface area (Å²) in [6.07, 6.45) is 0. The molecule has 0 N–H and O–H groups in total. The minimum Gasteiger partial charge on any atom is -0.545 e. The fraction of sp³-hybridized carbons (Fsp3) is 0. The van der Waals surface area contributed by atoms with Gasteiger partial charge in [0.25, 0.3) is 0 Å². The van der Waals surface area contributed by atoms with Crippen molar-refractivity contribution in [3.8, 4) is 0 Å². The molecule has 0 unspecified atom stereocenters. The van der Waals surface area contributed by atoms with E-state index >= 15 is 0 Å². The van der Waals surface area contributed by atoms with Gasteiger partial charge in [-0.1, -0.05) is 68.3 Å². The number of rotatable bonds is 2. The molecule has 4 nitrogen and oxygen atoms in total. The monoisotopic (exact) mass is 462 g/mol. The Labute approximate surface area is 151 Å². The van der Waals surface area contributed by atoms with E-state index in [4.69, 9.17) is 0 Å². The van der Waals surface area contributed by atoms with Crippen LogP contribution < -0.4 is 10.2 Å². The number of carbonyl (C=O) groups excluding carboxylic acids is 2. The predicted molar refractivity (Wildman–Crippen MR) is 76.9 cm³/mol. The van der Waals surface area contributed by atoms with Crippen molar-refractivity contribution in [1.82, 2.24) is 0 Å². The normalized spacial score (nSPS) is 8.86. The summed E-state index contributed by atoms with van der Waals surface area (Å²) in [4.78, 5) is 20.6. The van der Waals surface area contributed by atoms with Crippen molar-refractivity contribution in [2.75, 3.05) is 0 Å². The molecule has 0 aliphatic heterocycles. The standard InChI is InChI=1S/2C7H5BrO2.Zn/c2*8-6-4-2-1-3-5(6)7(9)10;/h2*1-4H,(H,9,10);/q;;+2/p-2. The van der Waals surface area contributed by atoms with E-state index in [9.17, 15) is 19.8 Å². The molecule has 0 radical (unpaired) electrons. The van der Waals surface area contributed by atoms with E-state index in [1.54, 1.807) is 36.4 Å². The van der Waals surface area contributed by atoms with E-state index in [0.717, 1.165) is 0 Å². The number of carbonyl (C=O) groups is 2. The smallest absolute Gasteiger partial charge is 0.545 e. The second-order valence-corrected chi connectivity index (χ2v) is 5.24. The summed E-state index contributed by atoms with van der Waals surface area (Å²) >= 11 is 6.15. The SMILES string of the molecule is O=C([O-])c1ccccc1Br.O=C([O-])c1ccccc1Br.[Zn+2]. The maximum atomic E-state index is 10.3. The zero-order valence-corrected chi connectivity index (χ0v) is 16.9. The van der Waals surface area contributed by atoms with E-state index < -0.39 is 11.9 Å². The molecule has 2 aromatic rings. The summed E-state index contributed by atoms with van der Waals surface area (Å²) in [6.45, 7) is 0. The van der Waals surface area contributed by atoms with E-state index in [1.165, 1.54) is 12.1 Å². The van der Waals surface area contributed by atoms with Gasteiger partial charge in [0.15, 0.2) is 0 Å². The van der Waals surface area contributed by atoms with Crippen LogP contribution in [0.1, 0.15) is 20.7 Å². The van der Waals surface area contributed by atoms with Crippen LogP contribution in [0, 0.1) is 0 Å². The average Bonchev–Trinajstić information content (AvgIpc) is 2.40. The molecule has 0 aliphatic carbocycles. The number of carboxylic acids is 2. The average molecular weight is 465 g/mol. The maximum Gasteiger partial charge on any atom is 2.00 e. The molecular formula is C14H8Br2O4Zn. The first kappa shape index (κ1) is 20.0. The number of carboxylic acid groups (broad SMARTS) is 2. The summed E-state index contributed by atoms with van der Waals surface area (Å²) in [5, 5.41) is 20.6. The molecule has 0 fully saturated rings. The number of hydrogen-bond acceptors (Lipinski definition) is 4. The molecule has 2 aromatic carbocycles. The minimum absolute atomic E-state index is 0. The third-order valence-electron chi connectivity index (χ3n) is 2.19. The molecule has 0 aromatic heterocycles. The molecule has 21 heavy (non-hydrogen) atoms. The van der Waals surface area contributed by atoms with Gasteiger partial charge in [-0.15, -0.1) is 0 Å². The van der Waals surface area contributed by atoms with Crippen LogP contribution in [0.15, 0.2) is 57.5 Å². The van der Waals surface area contributed by atoms with E-state index in [1.807, 2.05) is 0 Å². The number of benzene rings is 2. The van der Waals surface area contributed by atoms with E-state index in [0.29, 0.717) is 8.95 Å². The van der Waals surface area contributed by atoms with Crippen LogP contribution in [0.25, 0.3) is 0 Å². The Morgan fingerprint density at radius 1 is 0.714 bits per heavy atom. The summed E-state index contributed by atoms with van der Waals surface area (Å²) in [6, 6.07) is 13.1. The molecule has 0 amide bonds. The molecule has 2 rings (SSSR count). The van der Waals surface area contributed by atoms with Crippen molar-refractivity contribution in [1.29, 1.82) is 0 Å². The molecule has 0 heterocycles. The number of hydrogen-bond donors (Lipinski definition) is 0. The number of halogens is 2. The van der Waals surface area contributed by atoms with Crippen LogP contribution in [0.4, 0.5) is 0 Å². The van der Waals surface area contributed by atoms with Crippen LogP contribution in [0.2, 0.25) is 0 Å². The molecule has 0 saturated carbocycles. The fourth-order valence-electron chi connectivity index (χ4n) is 1.25. The fourth-order valence-corrected chi connectivity index (χ4v) is 2.15. The van der Waals surface area contributed by atoms with Crippen molar-refractivity contribution in [3.63, 3.8) is 0 Å².